The summed E-state index contributed by atoms with van der Waals surface area (Å²) in [6, 6.07) is 2.34. The van der Waals surface area contributed by atoms with Gasteiger partial charge in [-0.15, -0.1) is 11.3 Å². The van der Waals surface area contributed by atoms with Crippen LogP contribution in [0.25, 0.3) is 0 Å². The molecule has 0 unspecified atom stereocenters. The molecule has 1 aliphatic heterocycles. The number of halogens is 1. The molecular formula is C10H14BrNS. The maximum atomic E-state index is 3.65. The van der Waals surface area contributed by atoms with Gasteiger partial charge in [0.25, 0.3) is 0 Å². The zero-order chi connectivity index (χ0) is 9.26. The van der Waals surface area contributed by atoms with Crippen LogP contribution in [0, 0.1) is 6.92 Å². The molecular weight excluding hydrogens is 246 g/mol. The molecule has 2 heterocycles. The van der Waals surface area contributed by atoms with Crippen molar-refractivity contribution in [2.45, 2.75) is 25.7 Å². The summed E-state index contributed by atoms with van der Waals surface area (Å²) in [6.07, 6.45) is 2.57. The minimum atomic E-state index is 0.778. The summed E-state index contributed by atoms with van der Waals surface area (Å²) in [4.78, 5) is 1.42. The van der Waals surface area contributed by atoms with Gasteiger partial charge in [-0.2, -0.15) is 0 Å². The van der Waals surface area contributed by atoms with Crippen molar-refractivity contribution in [1.82, 2.24) is 5.32 Å². The van der Waals surface area contributed by atoms with Gasteiger partial charge in [0.2, 0.25) is 0 Å². The van der Waals surface area contributed by atoms with E-state index in [0.29, 0.717) is 0 Å². The molecule has 0 amide bonds. The molecule has 1 nitrogen and oxygen atoms in total. The van der Waals surface area contributed by atoms with E-state index in [2.05, 4.69) is 34.2 Å². The number of rotatable bonds is 1. The van der Waals surface area contributed by atoms with Crippen LogP contribution in [0.15, 0.2) is 9.85 Å². The van der Waals surface area contributed by atoms with Gasteiger partial charge >= 0.3 is 0 Å². The van der Waals surface area contributed by atoms with E-state index in [9.17, 15) is 0 Å². The van der Waals surface area contributed by atoms with E-state index in [-0.39, 0.29) is 0 Å². The van der Waals surface area contributed by atoms with Crippen molar-refractivity contribution in [3.63, 3.8) is 0 Å². The highest BCUT2D eigenvalue weighted by atomic mass is 79.9. The van der Waals surface area contributed by atoms with Crippen LogP contribution in [-0.4, -0.2) is 13.1 Å². The Bertz CT molecular complexity index is 289. The van der Waals surface area contributed by atoms with Gasteiger partial charge in [-0.25, -0.2) is 0 Å². The molecule has 13 heavy (non-hydrogen) atoms. The molecule has 0 atom stereocenters. The quantitative estimate of drug-likeness (QED) is 0.817. The van der Waals surface area contributed by atoms with Crippen LogP contribution in [0.2, 0.25) is 0 Å². The molecule has 1 saturated heterocycles. The average molecular weight is 260 g/mol. The third kappa shape index (κ3) is 2.14. The lowest BCUT2D eigenvalue weighted by Crippen LogP contribution is -2.26. The minimum Gasteiger partial charge on any atom is -0.317 e. The van der Waals surface area contributed by atoms with Crippen LogP contribution >= 0.6 is 27.3 Å². The third-order valence-corrected chi connectivity index (χ3v) is 4.41. The number of hydrogen-bond acceptors (Lipinski definition) is 2. The monoisotopic (exact) mass is 259 g/mol. The molecule has 72 valence electrons. The Morgan fingerprint density at radius 2 is 2.15 bits per heavy atom. The number of thiophene rings is 1. The van der Waals surface area contributed by atoms with E-state index in [1.54, 1.807) is 0 Å². The van der Waals surface area contributed by atoms with Crippen molar-refractivity contribution in [3.8, 4) is 0 Å². The topological polar surface area (TPSA) is 12.0 Å². The summed E-state index contributed by atoms with van der Waals surface area (Å²) in [5.41, 5.74) is 1.53. The Labute approximate surface area is 91.7 Å². The zero-order valence-corrected chi connectivity index (χ0v) is 10.2. The van der Waals surface area contributed by atoms with Gasteiger partial charge in [0, 0.05) is 4.88 Å². The summed E-state index contributed by atoms with van der Waals surface area (Å²) < 4.78 is 1.34. The fourth-order valence-corrected chi connectivity index (χ4v) is 3.93. The lowest BCUT2D eigenvalue weighted by atomic mass is 9.92. The van der Waals surface area contributed by atoms with Crippen LogP contribution in [0.5, 0.6) is 0 Å². The van der Waals surface area contributed by atoms with Crippen LogP contribution in [0.3, 0.4) is 0 Å². The summed E-state index contributed by atoms with van der Waals surface area (Å²) in [6.45, 7) is 4.53. The number of hydrogen-bond donors (Lipinski definition) is 1. The van der Waals surface area contributed by atoms with Crippen molar-refractivity contribution in [2.24, 2.45) is 0 Å². The lowest BCUT2D eigenvalue weighted by molar-refractivity contribution is 0.460. The molecule has 1 aromatic rings. The molecule has 1 N–H and O–H groups in total. The summed E-state index contributed by atoms with van der Waals surface area (Å²) >= 11 is 5.51. The molecule has 1 aliphatic rings. The third-order valence-electron chi connectivity index (χ3n) is 2.62. The Morgan fingerprint density at radius 3 is 2.69 bits per heavy atom. The van der Waals surface area contributed by atoms with Crippen LogP contribution in [0.4, 0.5) is 0 Å². The Balaban J connectivity index is 2.18. The fraction of sp³-hybridized carbons (Fsp3) is 0.600. The van der Waals surface area contributed by atoms with E-state index in [1.165, 1.54) is 40.2 Å². The zero-order valence-electron chi connectivity index (χ0n) is 7.77. The number of nitrogens with one attached hydrogen (secondary N) is 1. The standard InChI is InChI=1S/C10H14BrNS/c1-7-6-9(10(11)13-7)8-2-4-12-5-3-8/h6,8,12H,2-5H2,1H3. The number of piperidine rings is 1. The lowest BCUT2D eigenvalue weighted by Gasteiger charge is -2.22. The average Bonchev–Trinajstić information content (AvgIpc) is 2.47. The minimum absolute atomic E-state index is 0.778. The van der Waals surface area contributed by atoms with Crippen LogP contribution < -0.4 is 5.32 Å². The van der Waals surface area contributed by atoms with Crippen molar-refractivity contribution >= 4 is 27.3 Å². The second-order valence-corrected chi connectivity index (χ2v) is 6.18. The maximum Gasteiger partial charge on any atom is 0.0736 e. The molecule has 0 aromatic carbocycles. The second kappa shape index (κ2) is 4.11. The molecule has 3 heteroatoms. The summed E-state index contributed by atoms with van der Waals surface area (Å²) in [7, 11) is 0. The molecule has 0 aliphatic carbocycles. The molecule has 0 spiro atoms. The normalized spacial score (nSPS) is 19.2. The SMILES string of the molecule is Cc1cc(C2CCNCC2)c(Br)s1. The van der Waals surface area contributed by atoms with E-state index in [0.717, 1.165) is 5.92 Å². The molecule has 0 bridgehead atoms. The van der Waals surface area contributed by atoms with E-state index in [4.69, 9.17) is 0 Å². The van der Waals surface area contributed by atoms with E-state index >= 15 is 0 Å². The van der Waals surface area contributed by atoms with Gasteiger partial charge < -0.3 is 5.32 Å². The van der Waals surface area contributed by atoms with Gasteiger partial charge in [0.1, 0.15) is 0 Å². The molecule has 1 fully saturated rings. The van der Waals surface area contributed by atoms with Crippen molar-refractivity contribution in [2.75, 3.05) is 13.1 Å². The number of aryl methyl sites for hydroxylation is 1. The van der Waals surface area contributed by atoms with Crippen molar-refractivity contribution < 1.29 is 0 Å². The largest absolute Gasteiger partial charge is 0.317 e. The van der Waals surface area contributed by atoms with Crippen LogP contribution in [0.1, 0.15) is 29.2 Å². The first kappa shape index (κ1) is 9.69. The highest BCUT2D eigenvalue weighted by Crippen LogP contribution is 2.36. The first-order chi connectivity index (χ1) is 6.27. The predicted molar refractivity (Wildman–Crippen MR) is 61.6 cm³/mol. The smallest absolute Gasteiger partial charge is 0.0736 e. The molecule has 0 saturated carbocycles. The summed E-state index contributed by atoms with van der Waals surface area (Å²) in [5.74, 6) is 0.778. The molecule has 1 aromatic heterocycles. The van der Waals surface area contributed by atoms with E-state index < -0.39 is 0 Å². The predicted octanol–water partition coefficient (Wildman–Crippen LogP) is 3.29. The molecule has 2 rings (SSSR count). The Kier molecular flexibility index (Phi) is 3.06. The van der Waals surface area contributed by atoms with Gasteiger partial charge in [-0.05, 0) is 66.3 Å². The first-order valence-electron chi connectivity index (χ1n) is 4.74. The van der Waals surface area contributed by atoms with Gasteiger partial charge in [0.05, 0.1) is 3.79 Å². The van der Waals surface area contributed by atoms with Gasteiger partial charge in [-0.1, -0.05) is 0 Å². The highest BCUT2D eigenvalue weighted by Gasteiger charge is 2.18. The fourth-order valence-electron chi connectivity index (χ4n) is 1.92. The Hall–Kier alpha value is 0.140. The van der Waals surface area contributed by atoms with Crippen LogP contribution in [-0.2, 0) is 0 Å². The highest BCUT2D eigenvalue weighted by molar-refractivity contribution is 9.11. The van der Waals surface area contributed by atoms with Gasteiger partial charge in [-0.3, -0.25) is 0 Å². The molecule has 0 radical (unpaired) electrons. The van der Waals surface area contributed by atoms with Crippen molar-refractivity contribution in [1.29, 1.82) is 0 Å². The Morgan fingerprint density at radius 1 is 1.46 bits per heavy atom. The van der Waals surface area contributed by atoms with Crippen molar-refractivity contribution in [3.05, 3.63) is 20.3 Å². The summed E-state index contributed by atoms with van der Waals surface area (Å²) in [5, 5.41) is 3.40. The van der Waals surface area contributed by atoms with E-state index in [1.807, 2.05) is 11.3 Å². The van der Waals surface area contributed by atoms with Gasteiger partial charge in [0.15, 0.2) is 0 Å². The maximum absolute atomic E-state index is 3.65. The first-order valence-corrected chi connectivity index (χ1v) is 6.35. The second-order valence-electron chi connectivity index (χ2n) is 3.61.